The highest BCUT2D eigenvalue weighted by Gasteiger charge is 2.37. The fourth-order valence-electron chi connectivity index (χ4n) is 4.59. The Balaban J connectivity index is 1.64. The molecule has 3 rings (SSSR count). The largest absolute Gasteiger partial charge is 0.298 e. The quantitative estimate of drug-likeness (QED) is 0.705. The van der Waals surface area contributed by atoms with Crippen LogP contribution in [0, 0.1) is 5.92 Å². The Bertz CT molecular complexity index is 278. The molecular weight excluding hydrogens is 220 g/mol. The number of fused-ring (bicyclic) bond motifs is 1. The first kappa shape index (κ1) is 12.9. The highest BCUT2D eigenvalue weighted by molar-refractivity contribution is 4.93. The zero-order chi connectivity index (χ0) is 12.5. The van der Waals surface area contributed by atoms with Crippen LogP contribution in [0.25, 0.3) is 0 Å². The smallest absolute Gasteiger partial charge is 0.0224 e. The van der Waals surface area contributed by atoms with Crippen LogP contribution in [0.2, 0.25) is 0 Å². The van der Waals surface area contributed by atoms with Gasteiger partial charge in [-0.25, -0.2) is 0 Å². The lowest BCUT2D eigenvalue weighted by Crippen LogP contribution is -2.61. The van der Waals surface area contributed by atoms with E-state index in [-0.39, 0.29) is 0 Å². The van der Waals surface area contributed by atoms with E-state index in [9.17, 15) is 0 Å². The van der Waals surface area contributed by atoms with Crippen molar-refractivity contribution in [1.82, 2.24) is 9.80 Å². The van der Waals surface area contributed by atoms with Gasteiger partial charge in [-0.3, -0.25) is 9.80 Å². The van der Waals surface area contributed by atoms with Crippen LogP contribution in [0.5, 0.6) is 0 Å². The predicted octanol–water partition coefficient (Wildman–Crippen LogP) is 3.12. The third-order valence-electron chi connectivity index (χ3n) is 5.61. The Labute approximate surface area is 113 Å². The first-order chi connectivity index (χ1) is 8.74. The SMILES string of the molecule is CC1CCCC(N2CC3CCCCN3CC2C)C1. The van der Waals surface area contributed by atoms with Gasteiger partial charge in [0.1, 0.15) is 0 Å². The van der Waals surface area contributed by atoms with E-state index < -0.39 is 0 Å². The molecule has 2 saturated heterocycles. The first-order valence-corrected chi connectivity index (χ1v) is 8.24. The van der Waals surface area contributed by atoms with Crippen LogP contribution in [-0.4, -0.2) is 47.6 Å². The Morgan fingerprint density at radius 2 is 1.67 bits per heavy atom. The summed E-state index contributed by atoms with van der Waals surface area (Å²) in [5, 5.41) is 0. The standard InChI is InChI=1S/C16H30N2/c1-13-6-5-8-15(10-13)18-12-16-7-3-4-9-17(16)11-14(18)2/h13-16H,3-12H2,1-2H3. The molecule has 0 N–H and O–H groups in total. The van der Waals surface area contributed by atoms with Crippen molar-refractivity contribution in [2.75, 3.05) is 19.6 Å². The average Bonchev–Trinajstić information content (AvgIpc) is 2.38. The molecule has 18 heavy (non-hydrogen) atoms. The lowest BCUT2D eigenvalue weighted by molar-refractivity contribution is -0.0202. The highest BCUT2D eigenvalue weighted by Crippen LogP contribution is 2.32. The van der Waals surface area contributed by atoms with Gasteiger partial charge >= 0.3 is 0 Å². The molecule has 0 radical (unpaired) electrons. The van der Waals surface area contributed by atoms with Gasteiger partial charge in [-0.15, -0.1) is 0 Å². The third kappa shape index (κ3) is 2.60. The summed E-state index contributed by atoms with van der Waals surface area (Å²) in [5.74, 6) is 0.959. The van der Waals surface area contributed by atoms with E-state index in [0.717, 1.165) is 24.0 Å². The van der Waals surface area contributed by atoms with Gasteiger partial charge < -0.3 is 0 Å². The van der Waals surface area contributed by atoms with Crippen molar-refractivity contribution in [3.63, 3.8) is 0 Å². The molecule has 104 valence electrons. The summed E-state index contributed by atoms with van der Waals surface area (Å²) in [6, 6.07) is 2.56. The molecule has 0 aromatic rings. The van der Waals surface area contributed by atoms with Gasteiger partial charge in [-0.05, 0) is 45.1 Å². The van der Waals surface area contributed by atoms with E-state index in [1.807, 2.05) is 0 Å². The van der Waals surface area contributed by atoms with Crippen molar-refractivity contribution in [1.29, 1.82) is 0 Å². The zero-order valence-corrected chi connectivity index (χ0v) is 12.3. The molecule has 1 aliphatic carbocycles. The molecule has 0 spiro atoms. The molecule has 0 bridgehead atoms. The number of nitrogens with zero attached hydrogens (tertiary/aromatic N) is 2. The van der Waals surface area contributed by atoms with E-state index in [0.29, 0.717) is 0 Å². The predicted molar refractivity (Wildman–Crippen MR) is 76.8 cm³/mol. The molecule has 3 fully saturated rings. The van der Waals surface area contributed by atoms with E-state index in [1.165, 1.54) is 64.6 Å². The van der Waals surface area contributed by atoms with Gasteiger partial charge in [0.05, 0.1) is 0 Å². The Kier molecular flexibility index (Phi) is 3.95. The first-order valence-electron chi connectivity index (χ1n) is 8.24. The Morgan fingerprint density at radius 1 is 0.833 bits per heavy atom. The number of hydrogen-bond acceptors (Lipinski definition) is 2. The van der Waals surface area contributed by atoms with Gasteiger partial charge in [0, 0.05) is 31.2 Å². The van der Waals surface area contributed by atoms with Gasteiger partial charge in [0.2, 0.25) is 0 Å². The van der Waals surface area contributed by atoms with Gasteiger partial charge in [0.25, 0.3) is 0 Å². The molecule has 0 aromatic carbocycles. The van der Waals surface area contributed by atoms with Crippen molar-refractivity contribution in [3.05, 3.63) is 0 Å². The van der Waals surface area contributed by atoms with Gasteiger partial charge in [-0.2, -0.15) is 0 Å². The second kappa shape index (κ2) is 5.50. The van der Waals surface area contributed by atoms with Crippen LogP contribution in [0.4, 0.5) is 0 Å². The van der Waals surface area contributed by atoms with Crippen molar-refractivity contribution >= 4 is 0 Å². The van der Waals surface area contributed by atoms with E-state index in [1.54, 1.807) is 0 Å². The molecule has 0 aromatic heterocycles. The van der Waals surface area contributed by atoms with Crippen LogP contribution < -0.4 is 0 Å². The Morgan fingerprint density at radius 3 is 2.50 bits per heavy atom. The fourth-order valence-corrected chi connectivity index (χ4v) is 4.59. The lowest BCUT2D eigenvalue weighted by atomic mass is 9.84. The van der Waals surface area contributed by atoms with Crippen molar-refractivity contribution in [2.24, 2.45) is 5.92 Å². The third-order valence-corrected chi connectivity index (χ3v) is 5.61. The number of piperazine rings is 1. The monoisotopic (exact) mass is 250 g/mol. The fraction of sp³-hybridized carbons (Fsp3) is 1.00. The number of hydrogen-bond donors (Lipinski definition) is 0. The minimum atomic E-state index is 0.787. The number of rotatable bonds is 1. The van der Waals surface area contributed by atoms with Crippen LogP contribution in [0.3, 0.4) is 0 Å². The van der Waals surface area contributed by atoms with Crippen molar-refractivity contribution in [2.45, 2.75) is 76.9 Å². The molecule has 4 unspecified atom stereocenters. The maximum Gasteiger partial charge on any atom is 0.0224 e. The van der Waals surface area contributed by atoms with Crippen LogP contribution in [0.1, 0.15) is 58.8 Å². The van der Waals surface area contributed by atoms with Crippen LogP contribution >= 0.6 is 0 Å². The Hall–Kier alpha value is -0.0800. The molecule has 3 aliphatic rings. The molecule has 1 saturated carbocycles. The minimum Gasteiger partial charge on any atom is -0.298 e. The van der Waals surface area contributed by atoms with Gasteiger partial charge in [-0.1, -0.05) is 26.2 Å². The average molecular weight is 250 g/mol. The summed E-state index contributed by atoms with van der Waals surface area (Å²) in [6.45, 7) is 8.97. The molecule has 2 heterocycles. The molecule has 0 amide bonds. The molecule has 2 heteroatoms. The summed E-state index contributed by atoms with van der Waals surface area (Å²) in [5.41, 5.74) is 0. The number of piperidine rings is 1. The summed E-state index contributed by atoms with van der Waals surface area (Å²) in [6.07, 6.45) is 10.2. The van der Waals surface area contributed by atoms with E-state index in [4.69, 9.17) is 0 Å². The minimum absolute atomic E-state index is 0.787. The van der Waals surface area contributed by atoms with E-state index in [2.05, 4.69) is 23.6 Å². The maximum atomic E-state index is 2.88. The second-order valence-corrected chi connectivity index (χ2v) is 7.12. The summed E-state index contributed by atoms with van der Waals surface area (Å²) in [4.78, 5) is 5.65. The maximum absolute atomic E-state index is 2.88. The topological polar surface area (TPSA) is 6.48 Å². The lowest BCUT2D eigenvalue weighted by Gasteiger charge is -2.51. The van der Waals surface area contributed by atoms with Crippen LogP contribution in [0.15, 0.2) is 0 Å². The highest BCUT2D eigenvalue weighted by atomic mass is 15.3. The summed E-state index contributed by atoms with van der Waals surface area (Å²) >= 11 is 0. The zero-order valence-electron chi connectivity index (χ0n) is 12.3. The second-order valence-electron chi connectivity index (χ2n) is 7.12. The summed E-state index contributed by atoms with van der Waals surface area (Å²) < 4.78 is 0. The van der Waals surface area contributed by atoms with Crippen LogP contribution in [-0.2, 0) is 0 Å². The molecule has 4 atom stereocenters. The van der Waals surface area contributed by atoms with E-state index >= 15 is 0 Å². The molecule has 2 nitrogen and oxygen atoms in total. The normalized spacial score (nSPS) is 43.7. The van der Waals surface area contributed by atoms with Crippen molar-refractivity contribution < 1.29 is 0 Å². The molecule has 2 aliphatic heterocycles. The van der Waals surface area contributed by atoms with Gasteiger partial charge in [0.15, 0.2) is 0 Å². The van der Waals surface area contributed by atoms with Crippen molar-refractivity contribution in [3.8, 4) is 0 Å². The summed E-state index contributed by atoms with van der Waals surface area (Å²) in [7, 11) is 0. The molecular formula is C16H30N2.